The minimum Gasteiger partial charge on any atom is -0.368 e. The second kappa shape index (κ2) is 4.61. The summed E-state index contributed by atoms with van der Waals surface area (Å²) in [7, 11) is 0. The number of aliphatic hydroxyl groups is 1. The van der Waals surface area contributed by atoms with Crippen molar-refractivity contribution in [2.24, 2.45) is 16.7 Å². The lowest BCUT2D eigenvalue weighted by Gasteiger charge is -2.48. The third-order valence-corrected chi connectivity index (χ3v) is 5.17. The lowest BCUT2D eigenvalue weighted by molar-refractivity contribution is -0.130. The molecule has 1 aliphatic carbocycles. The molecule has 3 heteroatoms. The molecule has 2 fully saturated rings. The van der Waals surface area contributed by atoms with Gasteiger partial charge in [0.05, 0.1) is 6.10 Å². The highest BCUT2D eigenvalue weighted by Gasteiger charge is 2.59. The van der Waals surface area contributed by atoms with Gasteiger partial charge in [-0.05, 0) is 31.6 Å². The van der Waals surface area contributed by atoms with Crippen molar-refractivity contribution in [1.82, 2.24) is 0 Å². The molecule has 0 bridgehead atoms. The van der Waals surface area contributed by atoms with Crippen LogP contribution in [0.4, 0.5) is 0 Å². The van der Waals surface area contributed by atoms with Gasteiger partial charge in [0.2, 0.25) is 0 Å². The zero-order valence-corrected chi connectivity index (χ0v) is 12.0. The Kier molecular flexibility index (Phi) is 3.58. The fraction of sp³-hybridized carbons (Fsp3) is 0.933. The number of aliphatic hydroxyl groups excluding tert-OH is 1. The average molecular weight is 254 g/mol. The Labute approximate surface area is 110 Å². The number of ketones is 1. The number of Topliss-reactive ketones (excluding diaryl/α,β-unsaturated/α-hetero) is 1. The number of rotatable bonds is 3. The van der Waals surface area contributed by atoms with Crippen LogP contribution in [0.1, 0.15) is 59.8 Å². The number of fused-ring (bicyclic) bond motifs is 1. The Morgan fingerprint density at radius 2 is 2.00 bits per heavy atom. The van der Waals surface area contributed by atoms with Gasteiger partial charge in [0.15, 0.2) is 6.29 Å². The second-order valence-electron chi connectivity index (χ2n) is 7.08. The minimum atomic E-state index is -0.665. The van der Waals surface area contributed by atoms with E-state index in [-0.39, 0.29) is 28.6 Å². The van der Waals surface area contributed by atoms with E-state index in [0.29, 0.717) is 6.42 Å². The number of hydrogen-bond acceptors (Lipinski definition) is 3. The van der Waals surface area contributed by atoms with E-state index in [2.05, 4.69) is 20.8 Å². The first-order chi connectivity index (χ1) is 8.27. The highest BCUT2D eigenvalue weighted by Crippen LogP contribution is 2.59. The van der Waals surface area contributed by atoms with Crippen LogP contribution >= 0.6 is 0 Å². The summed E-state index contributed by atoms with van der Waals surface area (Å²) < 4.78 is 5.80. The van der Waals surface area contributed by atoms with Gasteiger partial charge in [-0.3, -0.25) is 0 Å². The topological polar surface area (TPSA) is 46.5 Å². The van der Waals surface area contributed by atoms with E-state index in [1.54, 1.807) is 6.92 Å². The molecule has 2 aliphatic rings. The van der Waals surface area contributed by atoms with Crippen molar-refractivity contribution in [3.63, 3.8) is 0 Å². The van der Waals surface area contributed by atoms with Gasteiger partial charge >= 0.3 is 0 Å². The van der Waals surface area contributed by atoms with Crippen molar-refractivity contribution in [3.8, 4) is 0 Å². The molecule has 0 aromatic rings. The molecule has 1 saturated heterocycles. The van der Waals surface area contributed by atoms with E-state index < -0.39 is 6.29 Å². The molecule has 0 amide bonds. The van der Waals surface area contributed by atoms with E-state index in [1.807, 2.05) is 0 Å². The van der Waals surface area contributed by atoms with Gasteiger partial charge in [-0.25, -0.2) is 0 Å². The predicted octanol–water partition coefficient (Wildman–Crippen LogP) is 2.91. The first-order valence-electron chi connectivity index (χ1n) is 7.10. The van der Waals surface area contributed by atoms with Crippen molar-refractivity contribution in [2.75, 3.05) is 0 Å². The van der Waals surface area contributed by atoms with Gasteiger partial charge in [-0.1, -0.05) is 27.2 Å². The average Bonchev–Trinajstić information content (AvgIpc) is 2.47. The third-order valence-electron chi connectivity index (χ3n) is 5.17. The van der Waals surface area contributed by atoms with Crippen LogP contribution < -0.4 is 0 Å². The standard InChI is InChI=1S/C15H26O3/c1-10(16)6-7-11-15(4)9-5-8-14(2,3)12(15)13(17)18-11/h11-13,17H,5-9H2,1-4H3/t11-,12+,13+,15+/m1/s1. The van der Waals surface area contributed by atoms with Crippen LogP contribution in [0, 0.1) is 16.7 Å². The maximum Gasteiger partial charge on any atom is 0.158 e. The van der Waals surface area contributed by atoms with Crippen molar-refractivity contribution in [1.29, 1.82) is 0 Å². The van der Waals surface area contributed by atoms with E-state index in [1.165, 1.54) is 6.42 Å². The maximum atomic E-state index is 11.2. The molecule has 0 aromatic heterocycles. The zero-order chi connectivity index (χ0) is 13.6. The predicted molar refractivity (Wildman–Crippen MR) is 70.0 cm³/mol. The summed E-state index contributed by atoms with van der Waals surface area (Å²) in [4.78, 5) is 11.2. The van der Waals surface area contributed by atoms with Crippen LogP contribution in [0.2, 0.25) is 0 Å². The normalized spacial score (nSPS) is 42.6. The molecular formula is C15H26O3. The van der Waals surface area contributed by atoms with Crippen LogP contribution in [-0.4, -0.2) is 23.3 Å². The highest BCUT2D eigenvalue weighted by molar-refractivity contribution is 5.75. The fourth-order valence-electron chi connectivity index (χ4n) is 4.34. The van der Waals surface area contributed by atoms with Crippen molar-refractivity contribution in [3.05, 3.63) is 0 Å². The molecular weight excluding hydrogens is 228 g/mol. The molecule has 1 aliphatic heterocycles. The lowest BCUT2D eigenvalue weighted by Crippen LogP contribution is -2.46. The molecule has 2 rings (SSSR count). The SMILES string of the molecule is CC(=O)CC[C@H]1O[C@H](O)[C@H]2C(C)(C)CCC[C@@]12C. The van der Waals surface area contributed by atoms with Gasteiger partial charge in [-0.2, -0.15) is 0 Å². The molecule has 0 aromatic carbocycles. The number of carbonyl (C=O) groups excluding carboxylic acids is 1. The van der Waals surface area contributed by atoms with Gasteiger partial charge in [0, 0.05) is 17.8 Å². The van der Waals surface area contributed by atoms with Gasteiger partial charge in [0.25, 0.3) is 0 Å². The Balaban J connectivity index is 2.18. The Hall–Kier alpha value is -0.410. The summed E-state index contributed by atoms with van der Waals surface area (Å²) in [6.45, 7) is 8.32. The van der Waals surface area contributed by atoms with E-state index in [0.717, 1.165) is 19.3 Å². The zero-order valence-electron chi connectivity index (χ0n) is 12.0. The van der Waals surface area contributed by atoms with Gasteiger partial charge in [0.1, 0.15) is 5.78 Å². The summed E-state index contributed by atoms with van der Waals surface area (Å²) in [5.41, 5.74) is 0.147. The molecule has 1 saturated carbocycles. The second-order valence-corrected chi connectivity index (χ2v) is 7.08. The Bertz CT molecular complexity index is 337. The molecule has 0 unspecified atom stereocenters. The molecule has 0 spiro atoms. The summed E-state index contributed by atoms with van der Waals surface area (Å²) in [5, 5.41) is 10.3. The molecule has 3 nitrogen and oxygen atoms in total. The quantitative estimate of drug-likeness (QED) is 0.842. The van der Waals surface area contributed by atoms with Gasteiger partial charge in [-0.15, -0.1) is 0 Å². The van der Waals surface area contributed by atoms with Crippen LogP contribution in [0.3, 0.4) is 0 Å². The van der Waals surface area contributed by atoms with Crippen LogP contribution in [0.5, 0.6) is 0 Å². The third kappa shape index (κ3) is 2.23. The first kappa shape index (κ1) is 14.0. The van der Waals surface area contributed by atoms with Crippen molar-refractivity contribution in [2.45, 2.75) is 72.2 Å². The fourth-order valence-corrected chi connectivity index (χ4v) is 4.34. The number of hydrogen-bond donors (Lipinski definition) is 1. The Morgan fingerprint density at radius 1 is 1.33 bits per heavy atom. The number of carbonyl (C=O) groups is 1. The van der Waals surface area contributed by atoms with Crippen LogP contribution in [-0.2, 0) is 9.53 Å². The van der Waals surface area contributed by atoms with E-state index in [4.69, 9.17) is 4.74 Å². The highest BCUT2D eigenvalue weighted by atomic mass is 16.6. The monoisotopic (exact) mass is 254 g/mol. The molecule has 104 valence electrons. The lowest BCUT2D eigenvalue weighted by atomic mass is 9.55. The van der Waals surface area contributed by atoms with E-state index >= 15 is 0 Å². The van der Waals surface area contributed by atoms with Crippen molar-refractivity contribution >= 4 is 5.78 Å². The molecule has 1 N–H and O–H groups in total. The summed E-state index contributed by atoms with van der Waals surface area (Å²) >= 11 is 0. The summed E-state index contributed by atoms with van der Waals surface area (Å²) in [6.07, 6.45) is 4.10. The molecule has 1 heterocycles. The summed E-state index contributed by atoms with van der Waals surface area (Å²) in [5.74, 6) is 0.394. The largest absolute Gasteiger partial charge is 0.368 e. The molecule has 18 heavy (non-hydrogen) atoms. The van der Waals surface area contributed by atoms with Crippen molar-refractivity contribution < 1.29 is 14.6 Å². The minimum absolute atomic E-state index is 0.0244. The Morgan fingerprint density at radius 3 is 2.61 bits per heavy atom. The number of ether oxygens (including phenoxy) is 1. The summed E-state index contributed by atoms with van der Waals surface area (Å²) in [6, 6.07) is 0. The smallest absolute Gasteiger partial charge is 0.158 e. The maximum absolute atomic E-state index is 11.2. The molecule has 4 atom stereocenters. The molecule has 0 radical (unpaired) electrons. The van der Waals surface area contributed by atoms with Crippen LogP contribution in [0.25, 0.3) is 0 Å². The van der Waals surface area contributed by atoms with Gasteiger partial charge < -0.3 is 14.6 Å². The first-order valence-corrected chi connectivity index (χ1v) is 7.10. The van der Waals surface area contributed by atoms with E-state index in [9.17, 15) is 9.90 Å². The van der Waals surface area contributed by atoms with Crippen LogP contribution in [0.15, 0.2) is 0 Å².